The summed E-state index contributed by atoms with van der Waals surface area (Å²) in [5.74, 6) is 0.631. The van der Waals surface area contributed by atoms with Crippen molar-refractivity contribution in [2.24, 2.45) is 0 Å². The summed E-state index contributed by atoms with van der Waals surface area (Å²) in [6.07, 6.45) is 8.42. The molecule has 6 heteroatoms. The van der Waals surface area contributed by atoms with Gasteiger partial charge in [0.2, 0.25) is 0 Å². The van der Waals surface area contributed by atoms with Crippen LogP contribution in [0.15, 0.2) is 35.5 Å². The molecule has 2 aromatic heterocycles. The molecule has 3 aromatic rings. The quantitative estimate of drug-likeness (QED) is 0.590. The van der Waals surface area contributed by atoms with Gasteiger partial charge in [-0.15, -0.1) is 0 Å². The highest BCUT2D eigenvalue weighted by Crippen LogP contribution is 2.40. The number of aryl methyl sites for hydroxylation is 1. The van der Waals surface area contributed by atoms with Crippen LogP contribution in [0.4, 0.5) is 0 Å². The summed E-state index contributed by atoms with van der Waals surface area (Å²) < 4.78 is 5.64. The Morgan fingerprint density at radius 3 is 2.57 bits per heavy atom. The largest absolute Gasteiger partial charge is 0.334 e. The highest BCUT2D eigenvalue weighted by atomic mass is 32.2. The molecule has 0 unspecified atom stereocenters. The molecule has 2 heterocycles. The van der Waals surface area contributed by atoms with E-state index in [9.17, 15) is 5.26 Å². The summed E-state index contributed by atoms with van der Waals surface area (Å²) in [6.45, 7) is 6.30. The van der Waals surface area contributed by atoms with Crippen molar-refractivity contribution in [3.63, 3.8) is 0 Å². The van der Waals surface area contributed by atoms with Crippen LogP contribution in [0.3, 0.4) is 0 Å². The molecule has 144 valence electrons. The number of aromatic nitrogens is 3. The molecule has 1 aliphatic carbocycles. The van der Waals surface area contributed by atoms with E-state index in [2.05, 4.69) is 64.3 Å². The van der Waals surface area contributed by atoms with Crippen LogP contribution in [0, 0.1) is 18.3 Å². The van der Waals surface area contributed by atoms with E-state index in [0.717, 1.165) is 34.3 Å². The molecule has 4 rings (SSSR count). The average molecular weight is 392 g/mol. The maximum absolute atomic E-state index is 9.97. The van der Waals surface area contributed by atoms with E-state index < -0.39 is 0 Å². The number of fused-ring (bicyclic) bond motifs is 1. The molecule has 1 saturated carbocycles. The zero-order valence-electron chi connectivity index (χ0n) is 16.6. The van der Waals surface area contributed by atoms with Crippen molar-refractivity contribution in [3.8, 4) is 17.6 Å². The van der Waals surface area contributed by atoms with Crippen molar-refractivity contribution in [1.29, 1.82) is 5.26 Å². The first-order valence-electron chi connectivity index (χ1n) is 9.88. The number of nitrogens with one attached hydrogen (secondary N) is 1. The number of hydrogen-bond acceptors (Lipinski definition) is 5. The van der Waals surface area contributed by atoms with Gasteiger partial charge in [-0.3, -0.25) is 4.72 Å². The van der Waals surface area contributed by atoms with Crippen molar-refractivity contribution >= 4 is 22.9 Å². The first-order valence-corrected chi connectivity index (χ1v) is 10.7. The second-order valence-corrected chi connectivity index (χ2v) is 8.69. The zero-order valence-corrected chi connectivity index (χ0v) is 17.4. The van der Waals surface area contributed by atoms with Gasteiger partial charge in [-0.05, 0) is 57.2 Å². The number of nitrogens with zero attached hydrogens (tertiary/aromatic N) is 4. The Bertz CT molecular complexity index is 1020. The molecule has 5 nitrogen and oxygen atoms in total. The average Bonchev–Trinajstić information content (AvgIpc) is 3.31. The summed E-state index contributed by atoms with van der Waals surface area (Å²) in [7, 11) is 0. The molecule has 1 N–H and O–H groups in total. The molecule has 1 aliphatic rings. The highest BCUT2D eigenvalue weighted by molar-refractivity contribution is 7.97. The molecular weight excluding hydrogens is 366 g/mol. The van der Waals surface area contributed by atoms with E-state index in [-0.39, 0.29) is 0 Å². The molecule has 0 saturated heterocycles. The molecule has 0 radical (unpaired) electrons. The Labute approximate surface area is 170 Å². The number of hydrogen-bond donors (Lipinski definition) is 1. The second-order valence-electron chi connectivity index (χ2n) is 7.78. The van der Waals surface area contributed by atoms with Gasteiger partial charge in [-0.2, -0.15) is 5.26 Å². The smallest absolute Gasteiger partial charge is 0.177 e. The summed E-state index contributed by atoms with van der Waals surface area (Å²) in [5.41, 5.74) is 3.88. The van der Waals surface area contributed by atoms with Crippen molar-refractivity contribution in [2.45, 2.75) is 63.4 Å². The van der Waals surface area contributed by atoms with E-state index in [1.807, 2.05) is 12.4 Å². The van der Waals surface area contributed by atoms with Crippen LogP contribution >= 0.6 is 11.9 Å². The van der Waals surface area contributed by atoms with Crippen molar-refractivity contribution < 1.29 is 0 Å². The van der Waals surface area contributed by atoms with Crippen molar-refractivity contribution in [3.05, 3.63) is 41.7 Å². The van der Waals surface area contributed by atoms with Gasteiger partial charge in [0.25, 0.3) is 0 Å². The Kier molecular flexibility index (Phi) is 5.38. The molecular formula is C22H25N5S. The lowest BCUT2D eigenvalue weighted by Gasteiger charge is -2.17. The van der Waals surface area contributed by atoms with Crippen molar-refractivity contribution in [1.82, 2.24) is 19.3 Å². The van der Waals surface area contributed by atoms with Gasteiger partial charge in [-0.25, -0.2) is 9.97 Å². The number of benzene rings is 1. The Hall–Kier alpha value is -2.36. The lowest BCUT2D eigenvalue weighted by molar-refractivity contribution is 0.538. The number of rotatable bonds is 5. The van der Waals surface area contributed by atoms with E-state index in [1.165, 1.54) is 30.4 Å². The van der Waals surface area contributed by atoms with Crippen LogP contribution in [-0.4, -0.2) is 20.6 Å². The lowest BCUT2D eigenvalue weighted by atomic mass is 10.1. The highest BCUT2D eigenvalue weighted by Gasteiger charge is 2.27. The maximum Gasteiger partial charge on any atom is 0.177 e. The molecule has 28 heavy (non-hydrogen) atoms. The third-order valence-corrected chi connectivity index (χ3v) is 6.25. The van der Waals surface area contributed by atoms with E-state index in [4.69, 9.17) is 0 Å². The summed E-state index contributed by atoms with van der Waals surface area (Å²) in [5, 5.41) is 11.0. The van der Waals surface area contributed by atoms with Crippen LogP contribution in [0.5, 0.6) is 0 Å². The standard InChI is InChI=1S/C22H25N5S/c1-14(2)26-28-17-12-24-22(25-13-17)21-19(11-23)18-9-8-15(3)10-20(18)27(21)16-6-4-5-7-16/h8-10,12-14,16,26H,4-7H2,1-3H3. The van der Waals surface area contributed by atoms with Gasteiger partial charge < -0.3 is 4.57 Å². The molecule has 0 spiro atoms. The predicted octanol–water partition coefficient (Wildman–Crippen LogP) is 5.40. The minimum atomic E-state index is 0.378. The van der Waals surface area contributed by atoms with Gasteiger partial charge in [0.15, 0.2) is 5.82 Å². The van der Waals surface area contributed by atoms with Crippen LogP contribution in [0.2, 0.25) is 0 Å². The fraction of sp³-hybridized carbons (Fsp3) is 0.409. The van der Waals surface area contributed by atoms with Gasteiger partial charge in [0, 0.05) is 29.9 Å². The summed E-state index contributed by atoms with van der Waals surface area (Å²) >= 11 is 1.53. The minimum Gasteiger partial charge on any atom is -0.334 e. The SMILES string of the molecule is Cc1ccc2c(C#N)c(-c3ncc(SNC(C)C)cn3)n(C3CCCC3)c2c1. The van der Waals surface area contributed by atoms with Gasteiger partial charge in [-0.1, -0.05) is 25.0 Å². The van der Waals surface area contributed by atoms with E-state index in [1.54, 1.807) is 0 Å². The van der Waals surface area contributed by atoms with Gasteiger partial charge in [0.1, 0.15) is 11.8 Å². The lowest BCUT2D eigenvalue weighted by Crippen LogP contribution is -2.13. The Morgan fingerprint density at radius 1 is 1.21 bits per heavy atom. The van der Waals surface area contributed by atoms with Crippen LogP contribution in [-0.2, 0) is 0 Å². The third kappa shape index (κ3) is 3.52. The fourth-order valence-electron chi connectivity index (χ4n) is 3.97. The first-order chi connectivity index (χ1) is 13.6. The van der Waals surface area contributed by atoms with Crippen molar-refractivity contribution in [2.75, 3.05) is 0 Å². The number of nitriles is 1. The fourth-order valence-corrected chi connectivity index (χ4v) is 4.55. The zero-order chi connectivity index (χ0) is 19.7. The van der Waals surface area contributed by atoms with Crippen LogP contribution in [0.25, 0.3) is 22.4 Å². The summed E-state index contributed by atoms with van der Waals surface area (Å²) in [4.78, 5) is 10.3. The monoisotopic (exact) mass is 391 g/mol. The molecule has 1 aromatic carbocycles. The first kappa shape index (κ1) is 19.0. The van der Waals surface area contributed by atoms with Gasteiger partial charge >= 0.3 is 0 Å². The molecule has 0 atom stereocenters. The van der Waals surface area contributed by atoms with E-state index in [0.29, 0.717) is 23.5 Å². The molecule has 0 aliphatic heterocycles. The summed E-state index contributed by atoms with van der Waals surface area (Å²) in [6, 6.07) is 9.55. The maximum atomic E-state index is 9.97. The van der Waals surface area contributed by atoms with Crippen LogP contribution < -0.4 is 4.72 Å². The third-order valence-electron chi connectivity index (χ3n) is 5.21. The molecule has 0 amide bonds. The van der Waals surface area contributed by atoms with E-state index >= 15 is 0 Å². The molecule has 0 bridgehead atoms. The topological polar surface area (TPSA) is 66.5 Å². The minimum absolute atomic E-state index is 0.378. The Balaban J connectivity index is 1.85. The normalized spacial score (nSPS) is 14.8. The Morgan fingerprint density at radius 2 is 1.93 bits per heavy atom. The second kappa shape index (κ2) is 7.94. The van der Waals surface area contributed by atoms with Crippen LogP contribution in [0.1, 0.15) is 56.7 Å². The predicted molar refractivity (Wildman–Crippen MR) is 114 cm³/mol. The van der Waals surface area contributed by atoms with Gasteiger partial charge in [0.05, 0.1) is 16.0 Å². The molecule has 1 fully saturated rings.